The van der Waals surface area contributed by atoms with Crippen LogP contribution >= 0.6 is 0 Å². The van der Waals surface area contributed by atoms with E-state index in [1.165, 1.54) is 0 Å². The van der Waals surface area contributed by atoms with Crippen molar-refractivity contribution < 1.29 is 9.47 Å². The van der Waals surface area contributed by atoms with Gasteiger partial charge in [-0.05, 0) is 52.3 Å². The molecule has 1 N–H and O–H groups in total. The molecule has 3 nitrogen and oxygen atoms in total. The highest BCUT2D eigenvalue weighted by Crippen LogP contribution is 2.36. The van der Waals surface area contributed by atoms with Crippen molar-refractivity contribution in [2.75, 3.05) is 13.7 Å². The maximum absolute atomic E-state index is 6.21. The molecule has 0 amide bonds. The largest absolute Gasteiger partial charge is 0.496 e. The van der Waals surface area contributed by atoms with E-state index < -0.39 is 0 Å². The summed E-state index contributed by atoms with van der Waals surface area (Å²) in [4.78, 5) is 0. The van der Waals surface area contributed by atoms with Crippen LogP contribution in [-0.2, 0) is 0 Å². The number of nitrogens with one attached hydrogen (secondary N) is 1. The highest BCUT2D eigenvalue weighted by atomic mass is 16.5. The van der Waals surface area contributed by atoms with E-state index in [-0.39, 0.29) is 11.6 Å². The molecule has 0 heterocycles. The Morgan fingerprint density at radius 2 is 1.85 bits per heavy atom. The molecule has 20 heavy (non-hydrogen) atoms. The van der Waals surface area contributed by atoms with Crippen molar-refractivity contribution >= 4 is 0 Å². The van der Waals surface area contributed by atoms with Gasteiger partial charge in [0.25, 0.3) is 0 Å². The second-order valence-electron chi connectivity index (χ2n) is 5.76. The molecule has 1 aromatic carbocycles. The van der Waals surface area contributed by atoms with Crippen molar-refractivity contribution in [3.63, 3.8) is 0 Å². The van der Waals surface area contributed by atoms with Gasteiger partial charge in [-0.25, -0.2) is 0 Å². The Morgan fingerprint density at radius 3 is 2.40 bits per heavy atom. The molecule has 0 saturated heterocycles. The Balaban J connectivity index is 3.10. The zero-order valence-corrected chi connectivity index (χ0v) is 13.7. The van der Waals surface area contributed by atoms with Crippen molar-refractivity contribution in [3.05, 3.63) is 23.8 Å². The maximum Gasteiger partial charge on any atom is 0.128 e. The van der Waals surface area contributed by atoms with Crippen molar-refractivity contribution in [2.45, 2.75) is 59.1 Å². The van der Waals surface area contributed by atoms with Gasteiger partial charge in [-0.2, -0.15) is 0 Å². The lowest BCUT2D eigenvalue weighted by Crippen LogP contribution is -2.28. The molecule has 0 saturated carbocycles. The Labute approximate surface area is 123 Å². The maximum atomic E-state index is 6.21. The van der Waals surface area contributed by atoms with Crippen LogP contribution < -0.4 is 14.8 Å². The van der Waals surface area contributed by atoms with Crippen LogP contribution in [0.1, 0.15) is 59.1 Å². The molecule has 1 unspecified atom stereocenters. The minimum atomic E-state index is -0.175. The smallest absolute Gasteiger partial charge is 0.128 e. The van der Waals surface area contributed by atoms with Gasteiger partial charge < -0.3 is 14.8 Å². The van der Waals surface area contributed by atoms with E-state index in [0.717, 1.165) is 36.4 Å². The number of ether oxygens (including phenoxy) is 2. The lowest BCUT2D eigenvalue weighted by molar-refractivity contribution is 0.103. The van der Waals surface area contributed by atoms with Crippen LogP contribution in [0.15, 0.2) is 18.2 Å². The summed E-state index contributed by atoms with van der Waals surface area (Å²) in [6.07, 6.45) is 2.07. The lowest BCUT2D eigenvalue weighted by Gasteiger charge is -2.28. The zero-order chi connectivity index (χ0) is 15.2. The molecule has 0 aliphatic heterocycles. The first-order chi connectivity index (χ1) is 9.45. The summed E-state index contributed by atoms with van der Waals surface area (Å²) >= 11 is 0. The molecular weight excluding hydrogens is 250 g/mol. The van der Waals surface area contributed by atoms with E-state index in [4.69, 9.17) is 9.47 Å². The minimum Gasteiger partial charge on any atom is -0.496 e. The highest BCUT2D eigenvalue weighted by molar-refractivity contribution is 5.47. The predicted molar refractivity (Wildman–Crippen MR) is 84.7 cm³/mol. The van der Waals surface area contributed by atoms with Crippen LogP contribution in [0.2, 0.25) is 0 Å². The summed E-state index contributed by atoms with van der Waals surface area (Å²) in [5.41, 5.74) is 0.927. The predicted octanol–water partition coefficient (Wildman–Crippen LogP) is 4.32. The van der Waals surface area contributed by atoms with Crippen LogP contribution in [0.5, 0.6) is 11.5 Å². The van der Waals surface area contributed by atoms with Gasteiger partial charge in [0.05, 0.1) is 12.7 Å². The molecule has 0 aliphatic carbocycles. The molecule has 0 radical (unpaired) electrons. The van der Waals surface area contributed by atoms with E-state index in [2.05, 4.69) is 39.9 Å². The second-order valence-corrected chi connectivity index (χ2v) is 5.76. The zero-order valence-electron chi connectivity index (χ0n) is 13.7. The molecule has 1 aromatic rings. The van der Waals surface area contributed by atoms with Crippen LogP contribution in [-0.4, -0.2) is 19.3 Å². The summed E-state index contributed by atoms with van der Waals surface area (Å²) in [7, 11) is 1.71. The van der Waals surface area contributed by atoms with Crippen molar-refractivity contribution in [3.8, 4) is 11.5 Å². The molecule has 1 rings (SSSR count). The fourth-order valence-electron chi connectivity index (χ4n) is 2.05. The molecular formula is C17H29NO2. The summed E-state index contributed by atoms with van der Waals surface area (Å²) in [6.45, 7) is 11.7. The average molecular weight is 279 g/mol. The van der Waals surface area contributed by atoms with Gasteiger partial charge >= 0.3 is 0 Å². The highest BCUT2D eigenvalue weighted by Gasteiger charge is 2.22. The fraction of sp³-hybridized carbons (Fsp3) is 0.647. The standard InChI is InChI=1S/C17H29NO2/c1-7-12-18-13(3)16-14(19-6)10-9-11-15(16)20-17(4,5)8-2/h9-11,13,18H,7-8,12H2,1-6H3. The molecule has 114 valence electrons. The molecule has 3 heteroatoms. The first-order valence-corrected chi connectivity index (χ1v) is 7.54. The molecule has 0 fully saturated rings. The Kier molecular flexibility index (Phi) is 6.34. The van der Waals surface area contributed by atoms with Gasteiger partial charge in [-0.15, -0.1) is 0 Å². The number of rotatable bonds is 8. The Hall–Kier alpha value is -1.22. The molecule has 0 bridgehead atoms. The third-order valence-electron chi connectivity index (χ3n) is 3.62. The number of hydrogen-bond acceptors (Lipinski definition) is 3. The summed E-state index contributed by atoms with van der Waals surface area (Å²) in [5.74, 6) is 1.79. The van der Waals surface area contributed by atoms with E-state index >= 15 is 0 Å². The SMILES string of the molecule is CCCNC(C)c1c(OC)cccc1OC(C)(C)CC. The summed E-state index contributed by atoms with van der Waals surface area (Å²) in [6, 6.07) is 6.20. The van der Waals surface area contributed by atoms with Crippen molar-refractivity contribution in [1.29, 1.82) is 0 Å². The van der Waals surface area contributed by atoms with E-state index in [1.54, 1.807) is 7.11 Å². The summed E-state index contributed by atoms with van der Waals surface area (Å²) < 4.78 is 11.7. The number of benzene rings is 1. The lowest BCUT2D eigenvalue weighted by atomic mass is 10.0. The van der Waals surface area contributed by atoms with Gasteiger partial charge in [-0.1, -0.05) is 19.9 Å². The molecule has 0 aliphatic rings. The van der Waals surface area contributed by atoms with Crippen LogP contribution in [0.3, 0.4) is 0 Å². The van der Waals surface area contributed by atoms with Crippen LogP contribution in [0, 0.1) is 0 Å². The van der Waals surface area contributed by atoms with Crippen molar-refractivity contribution in [1.82, 2.24) is 5.32 Å². The Morgan fingerprint density at radius 1 is 1.20 bits per heavy atom. The van der Waals surface area contributed by atoms with Crippen LogP contribution in [0.4, 0.5) is 0 Å². The minimum absolute atomic E-state index is 0.175. The topological polar surface area (TPSA) is 30.5 Å². The van der Waals surface area contributed by atoms with Gasteiger partial charge in [0.2, 0.25) is 0 Å². The third kappa shape index (κ3) is 4.41. The molecule has 0 spiro atoms. The molecule has 0 aromatic heterocycles. The van der Waals surface area contributed by atoms with E-state index in [1.807, 2.05) is 18.2 Å². The second kappa shape index (κ2) is 7.53. The van der Waals surface area contributed by atoms with E-state index in [9.17, 15) is 0 Å². The monoisotopic (exact) mass is 279 g/mol. The quantitative estimate of drug-likeness (QED) is 0.768. The normalized spacial score (nSPS) is 13.1. The number of methoxy groups -OCH3 is 1. The molecule has 1 atom stereocenters. The van der Waals surface area contributed by atoms with Crippen LogP contribution in [0.25, 0.3) is 0 Å². The van der Waals surface area contributed by atoms with E-state index in [0.29, 0.717) is 0 Å². The average Bonchev–Trinajstić information content (AvgIpc) is 2.44. The van der Waals surface area contributed by atoms with Crippen molar-refractivity contribution in [2.24, 2.45) is 0 Å². The van der Waals surface area contributed by atoms with Gasteiger partial charge in [0, 0.05) is 6.04 Å². The summed E-state index contributed by atoms with van der Waals surface area (Å²) in [5, 5.41) is 3.51. The van der Waals surface area contributed by atoms with Gasteiger partial charge in [0.1, 0.15) is 17.1 Å². The fourth-order valence-corrected chi connectivity index (χ4v) is 2.05. The van der Waals surface area contributed by atoms with Gasteiger partial charge in [-0.3, -0.25) is 0 Å². The van der Waals surface area contributed by atoms with Gasteiger partial charge in [0.15, 0.2) is 0 Å². The number of hydrogen-bond donors (Lipinski definition) is 1. The first-order valence-electron chi connectivity index (χ1n) is 7.54. The first kappa shape index (κ1) is 16.8. The third-order valence-corrected chi connectivity index (χ3v) is 3.62. The Bertz CT molecular complexity index is 415.